The van der Waals surface area contributed by atoms with Crippen LogP contribution in [0.25, 0.3) is 0 Å². The van der Waals surface area contributed by atoms with Crippen LogP contribution in [-0.4, -0.2) is 18.0 Å². The summed E-state index contributed by atoms with van der Waals surface area (Å²) in [6.07, 6.45) is 3.22. The minimum Gasteiger partial charge on any atom is -0.495 e. The normalized spacial score (nSPS) is 10.3. The lowest BCUT2D eigenvalue weighted by Crippen LogP contribution is -2.14. The number of aryl methyl sites for hydroxylation is 2. The molecule has 0 aliphatic heterocycles. The minimum absolute atomic E-state index is 0.196. The second kappa shape index (κ2) is 7.70. The molecule has 0 atom stereocenters. The molecule has 0 aliphatic carbocycles. The molecule has 26 heavy (non-hydrogen) atoms. The number of hydrogen-bond acceptors (Lipinski definition) is 4. The monoisotopic (exact) mass is 347 g/mol. The number of methoxy groups -OCH3 is 1. The van der Waals surface area contributed by atoms with Crippen molar-refractivity contribution >= 4 is 23.0 Å². The molecular formula is C21H21N3O2. The second-order valence-corrected chi connectivity index (χ2v) is 6.01. The van der Waals surface area contributed by atoms with Crippen molar-refractivity contribution in [3.8, 4) is 5.75 Å². The summed E-state index contributed by atoms with van der Waals surface area (Å²) in [5, 5.41) is 6.21. The first-order valence-electron chi connectivity index (χ1n) is 8.31. The van der Waals surface area contributed by atoms with Crippen LogP contribution < -0.4 is 15.4 Å². The summed E-state index contributed by atoms with van der Waals surface area (Å²) < 4.78 is 5.34. The predicted molar refractivity (Wildman–Crippen MR) is 104 cm³/mol. The van der Waals surface area contributed by atoms with Gasteiger partial charge < -0.3 is 15.4 Å². The molecule has 0 unspecified atom stereocenters. The summed E-state index contributed by atoms with van der Waals surface area (Å²) in [5.74, 6) is 0.525. The molecular weight excluding hydrogens is 326 g/mol. The summed E-state index contributed by atoms with van der Waals surface area (Å²) in [4.78, 5) is 16.8. The van der Waals surface area contributed by atoms with Gasteiger partial charge in [0, 0.05) is 11.9 Å². The molecule has 5 nitrogen and oxygen atoms in total. The Morgan fingerprint density at radius 2 is 1.73 bits per heavy atom. The number of nitrogens with zero attached hydrogens (tertiary/aromatic N) is 1. The molecule has 2 aromatic carbocycles. The molecule has 0 fully saturated rings. The average molecular weight is 347 g/mol. The average Bonchev–Trinajstić information content (AvgIpc) is 2.65. The number of hydrogen-bond donors (Lipinski definition) is 2. The first kappa shape index (κ1) is 17.5. The zero-order chi connectivity index (χ0) is 18.5. The van der Waals surface area contributed by atoms with Crippen molar-refractivity contribution in [1.82, 2.24) is 4.98 Å². The number of ether oxygens (including phenoxy) is 1. The number of amides is 1. The van der Waals surface area contributed by atoms with Crippen molar-refractivity contribution in [3.05, 3.63) is 77.6 Å². The van der Waals surface area contributed by atoms with E-state index in [9.17, 15) is 4.79 Å². The molecule has 0 aliphatic rings. The van der Waals surface area contributed by atoms with E-state index in [4.69, 9.17) is 4.74 Å². The highest BCUT2D eigenvalue weighted by atomic mass is 16.5. The molecule has 1 aromatic heterocycles. The van der Waals surface area contributed by atoms with Gasteiger partial charge in [0.2, 0.25) is 0 Å². The minimum atomic E-state index is -0.196. The van der Waals surface area contributed by atoms with E-state index in [2.05, 4.69) is 15.6 Å². The lowest BCUT2D eigenvalue weighted by molar-refractivity contribution is 0.102. The summed E-state index contributed by atoms with van der Waals surface area (Å²) in [6.45, 7) is 3.95. The zero-order valence-electron chi connectivity index (χ0n) is 15.0. The van der Waals surface area contributed by atoms with Crippen LogP contribution in [0.5, 0.6) is 5.75 Å². The summed E-state index contributed by atoms with van der Waals surface area (Å²) in [5.41, 5.74) is 4.88. The first-order valence-corrected chi connectivity index (χ1v) is 8.31. The molecule has 3 rings (SSSR count). The maximum Gasteiger partial charge on any atom is 0.257 e. The largest absolute Gasteiger partial charge is 0.495 e. The van der Waals surface area contributed by atoms with Crippen LogP contribution in [0.1, 0.15) is 21.5 Å². The number of carbonyl (C=O) groups excluding carboxylic acids is 1. The molecule has 5 heteroatoms. The van der Waals surface area contributed by atoms with E-state index in [0.717, 1.165) is 28.3 Å². The van der Waals surface area contributed by atoms with E-state index in [1.165, 1.54) is 0 Å². The van der Waals surface area contributed by atoms with Crippen LogP contribution in [0.15, 0.2) is 60.9 Å². The van der Waals surface area contributed by atoms with Gasteiger partial charge in [-0.25, -0.2) is 0 Å². The number of para-hydroxylation sites is 3. The number of carbonyl (C=O) groups is 1. The van der Waals surface area contributed by atoms with E-state index >= 15 is 0 Å². The van der Waals surface area contributed by atoms with Gasteiger partial charge in [-0.2, -0.15) is 0 Å². The van der Waals surface area contributed by atoms with E-state index in [0.29, 0.717) is 11.3 Å². The molecule has 0 radical (unpaired) electrons. The van der Waals surface area contributed by atoms with E-state index < -0.39 is 0 Å². The van der Waals surface area contributed by atoms with Crippen LogP contribution in [-0.2, 0) is 0 Å². The highest BCUT2D eigenvalue weighted by molar-refractivity contribution is 6.05. The predicted octanol–water partition coefficient (Wildman–Crippen LogP) is 4.70. The van der Waals surface area contributed by atoms with Gasteiger partial charge in [-0.1, -0.05) is 30.3 Å². The molecule has 1 amide bonds. The fraction of sp³-hybridized carbons (Fsp3) is 0.143. The lowest BCUT2D eigenvalue weighted by atomic mass is 10.1. The van der Waals surface area contributed by atoms with Crippen molar-refractivity contribution in [1.29, 1.82) is 0 Å². The Balaban J connectivity index is 1.82. The molecule has 0 bridgehead atoms. The topological polar surface area (TPSA) is 63.2 Å². The molecule has 1 heterocycles. The van der Waals surface area contributed by atoms with E-state index in [-0.39, 0.29) is 5.91 Å². The first-order chi connectivity index (χ1) is 12.6. The van der Waals surface area contributed by atoms with Gasteiger partial charge in [0.1, 0.15) is 5.75 Å². The van der Waals surface area contributed by atoms with Crippen molar-refractivity contribution in [2.24, 2.45) is 0 Å². The Kier molecular flexibility index (Phi) is 5.17. The number of aromatic nitrogens is 1. The fourth-order valence-corrected chi connectivity index (χ4v) is 2.73. The second-order valence-electron chi connectivity index (χ2n) is 6.01. The maximum absolute atomic E-state index is 12.6. The quantitative estimate of drug-likeness (QED) is 0.702. The van der Waals surface area contributed by atoms with E-state index in [1.54, 1.807) is 25.6 Å². The number of pyridine rings is 1. The Labute approximate surface area is 153 Å². The van der Waals surface area contributed by atoms with Gasteiger partial charge in [-0.15, -0.1) is 0 Å². The van der Waals surface area contributed by atoms with Crippen molar-refractivity contribution < 1.29 is 9.53 Å². The molecule has 0 spiro atoms. The third kappa shape index (κ3) is 3.83. The number of anilines is 3. The third-order valence-electron chi connectivity index (χ3n) is 4.11. The lowest BCUT2D eigenvalue weighted by Gasteiger charge is -2.13. The van der Waals surface area contributed by atoms with Gasteiger partial charge in [-0.05, 0) is 43.2 Å². The van der Waals surface area contributed by atoms with Crippen molar-refractivity contribution in [2.75, 3.05) is 17.7 Å². The van der Waals surface area contributed by atoms with Crippen LogP contribution in [0, 0.1) is 13.8 Å². The van der Waals surface area contributed by atoms with E-state index in [1.807, 2.05) is 56.3 Å². The third-order valence-corrected chi connectivity index (χ3v) is 4.11. The maximum atomic E-state index is 12.6. The van der Waals surface area contributed by atoms with Gasteiger partial charge in [0.05, 0.1) is 30.2 Å². The molecule has 0 saturated carbocycles. The van der Waals surface area contributed by atoms with Crippen molar-refractivity contribution in [2.45, 2.75) is 13.8 Å². The smallest absolute Gasteiger partial charge is 0.257 e. The number of rotatable bonds is 5. The molecule has 0 saturated heterocycles. The highest BCUT2D eigenvalue weighted by Crippen LogP contribution is 2.27. The van der Waals surface area contributed by atoms with Crippen LogP contribution in [0.2, 0.25) is 0 Å². The Hall–Kier alpha value is -3.34. The van der Waals surface area contributed by atoms with Crippen LogP contribution in [0.3, 0.4) is 0 Å². The summed E-state index contributed by atoms with van der Waals surface area (Å²) in [6, 6.07) is 15.3. The van der Waals surface area contributed by atoms with Gasteiger partial charge in [0.15, 0.2) is 0 Å². The molecule has 132 valence electrons. The SMILES string of the molecule is COc1ccccc1Nc1cncc(C(=O)Nc2c(C)cccc2C)c1. The molecule has 3 aromatic rings. The summed E-state index contributed by atoms with van der Waals surface area (Å²) >= 11 is 0. The van der Waals surface area contributed by atoms with Gasteiger partial charge in [-0.3, -0.25) is 9.78 Å². The number of nitrogens with one attached hydrogen (secondary N) is 2. The van der Waals surface area contributed by atoms with Gasteiger partial charge in [0.25, 0.3) is 5.91 Å². The van der Waals surface area contributed by atoms with Crippen LogP contribution >= 0.6 is 0 Å². The Morgan fingerprint density at radius 3 is 2.46 bits per heavy atom. The zero-order valence-corrected chi connectivity index (χ0v) is 15.0. The fourth-order valence-electron chi connectivity index (χ4n) is 2.73. The van der Waals surface area contributed by atoms with Crippen molar-refractivity contribution in [3.63, 3.8) is 0 Å². The summed E-state index contributed by atoms with van der Waals surface area (Å²) in [7, 11) is 1.62. The standard InChI is InChI=1S/C21H21N3O2/c1-14-7-6-8-15(2)20(14)24-21(25)16-11-17(13-22-12-16)23-18-9-4-5-10-19(18)26-3/h4-13,23H,1-3H3,(H,24,25). The highest BCUT2D eigenvalue weighted by Gasteiger charge is 2.11. The van der Waals surface area contributed by atoms with Gasteiger partial charge >= 0.3 is 0 Å². The Bertz CT molecular complexity index is 918. The molecule has 2 N–H and O–H groups in total. The van der Waals surface area contributed by atoms with Crippen LogP contribution in [0.4, 0.5) is 17.1 Å². The Morgan fingerprint density at radius 1 is 1.00 bits per heavy atom. The number of benzene rings is 2.